The highest BCUT2D eigenvalue weighted by molar-refractivity contribution is 5.95. The largest absolute Gasteiger partial charge is 0.396 e. The van der Waals surface area contributed by atoms with Crippen LogP contribution in [0.5, 0.6) is 0 Å². The lowest BCUT2D eigenvalue weighted by atomic mass is 9.99. The number of rotatable bonds is 6. The Kier molecular flexibility index (Phi) is 6.77. The highest BCUT2D eigenvalue weighted by Gasteiger charge is 2.24. The minimum Gasteiger partial charge on any atom is -0.396 e. The van der Waals surface area contributed by atoms with E-state index in [1.54, 1.807) is 4.90 Å². The van der Waals surface area contributed by atoms with Crippen molar-refractivity contribution >= 4 is 11.6 Å². The molecule has 2 rings (SSSR count). The summed E-state index contributed by atoms with van der Waals surface area (Å²) < 4.78 is 0. The number of amides is 1. The van der Waals surface area contributed by atoms with Gasteiger partial charge in [0.05, 0.1) is 19.0 Å². The number of nitriles is 1. The maximum atomic E-state index is 12.8. The standard InChI is InChI=1S/C19H27N3O2/c1-15-6-7-18(11-16(15)2)22(10-4-8-20)19(24)13-21-9-3-5-17(12-21)14-23/h6-7,11,17,23H,3-5,9-10,12-14H2,1-2H3. The summed E-state index contributed by atoms with van der Waals surface area (Å²) in [4.78, 5) is 16.7. The van der Waals surface area contributed by atoms with Crippen molar-refractivity contribution < 1.29 is 9.90 Å². The minimum atomic E-state index is 0.0205. The summed E-state index contributed by atoms with van der Waals surface area (Å²) in [6, 6.07) is 8.10. The number of aliphatic hydroxyl groups excluding tert-OH is 1. The molecule has 1 aliphatic heterocycles. The van der Waals surface area contributed by atoms with Gasteiger partial charge < -0.3 is 10.0 Å². The van der Waals surface area contributed by atoms with Crippen LogP contribution in [0.4, 0.5) is 5.69 Å². The molecule has 1 aromatic carbocycles. The second-order valence-electron chi connectivity index (χ2n) is 6.65. The zero-order valence-electron chi connectivity index (χ0n) is 14.7. The van der Waals surface area contributed by atoms with Crippen LogP contribution in [-0.4, -0.2) is 48.7 Å². The van der Waals surface area contributed by atoms with Gasteiger partial charge in [-0.15, -0.1) is 0 Å². The molecule has 1 amide bonds. The zero-order chi connectivity index (χ0) is 17.5. The summed E-state index contributed by atoms with van der Waals surface area (Å²) in [6.07, 6.45) is 2.36. The number of aryl methyl sites for hydroxylation is 2. The number of carbonyl (C=O) groups excluding carboxylic acids is 1. The number of hydrogen-bond acceptors (Lipinski definition) is 4. The number of piperidine rings is 1. The number of carbonyl (C=O) groups is 1. The molecule has 0 bridgehead atoms. The Morgan fingerprint density at radius 2 is 2.21 bits per heavy atom. The van der Waals surface area contributed by atoms with Gasteiger partial charge in [-0.05, 0) is 62.4 Å². The maximum Gasteiger partial charge on any atom is 0.241 e. The van der Waals surface area contributed by atoms with E-state index in [1.165, 1.54) is 5.56 Å². The van der Waals surface area contributed by atoms with Gasteiger partial charge >= 0.3 is 0 Å². The van der Waals surface area contributed by atoms with Crippen molar-refractivity contribution in [2.24, 2.45) is 5.92 Å². The first-order chi connectivity index (χ1) is 11.5. The normalized spacial score (nSPS) is 18.2. The van der Waals surface area contributed by atoms with Crippen molar-refractivity contribution in [3.05, 3.63) is 29.3 Å². The molecule has 0 spiro atoms. The molecule has 5 nitrogen and oxygen atoms in total. The molecule has 1 fully saturated rings. The van der Waals surface area contributed by atoms with Crippen molar-refractivity contribution in [2.75, 3.05) is 37.7 Å². The van der Waals surface area contributed by atoms with Crippen LogP contribution in [0, 0.1) is 31.1 Å². The lowest BCUT2D eigenvalue weighted by Crippen LogP contribution is -2.45. The third-order valence-electron chi connectivity index (χ3n) is 4.77. The number of hydrogen-bond donors (Lipinski definition) is 1. The minimum absolute atomic E-state index is 0.0205. The summed E-state index contributed by atoms with van der Waals surface area (Å²) in [6.45, 7) is 6.66. The van der Waals surface area contributed by atoms with Gasteiger partial charge in [0.15, 0.2) is 0 Å². The topological polar surface area (TPSA) is 67.6 Å². The Morgan fingerprint density at radius 3 is 2.88 bits per heavy atom. The summed E-state index contributed by atoms with van der Waals surface area (Å²) in [5.41, 5.74) is 3.18. The number of anilines is 1. The first kappa shape index (κ1) is 18.4. The van der Waals surface area contributed by atoms with Crippen LogP contribution in [0.15, 0.2) is 18.2 Å². The molecule has 1 heterocycles. The Bertz CT molecular complexity index is 609. The molecule has 1 unspecified atom stereocenters. The molecule has 0 aromatic heterocycles. The molecule has 1 aliphatic rings. The van der Waals surface area contributed by atoms with E-state index in [0.29, 0.717) is 19.5 Å². The van der Waals surface area contributed by atoms with Crippen LogP contribution in [0.2, 0.25) is 0 Å². The van der Waals surface area contributed by atoms with Gasteiger partial charge in [0.2, 0.25) is 5.91 Å². The Balaban J connectivity index is 2.10. The Morgan fingerprint density at radius 1 is 1.42 bits per heavy atom. The molecule has 130 valence electrons. The number of likely N-dealkylation sites (tertiary alicyclic amines) is 1. The molecule has 24 heavy (non-hydrogen) atoms. The van der Waals surface area contributed by atoms with Gasteiger partial charge in [0.1, 0.15) is 0 Å². The molecule has 0 aliphatic carbocycles. The fourth-order valence-electron chi connectivity index (χ4n) is 3.17. The summed E-state index contributed by atoms with van der Waals surface area (Å²) in [5.74, 6) is 0.285. The lowest BCUT2D eigenvalue weighted by Gasteiger charge is -2.33. The monoisotopic (exact) mass is 329 g/mol. The molecular formula is C19H27N3O2. The van der Waals surface area contributed by atoms with Crippen molar-refractivity contribution in [3.8, 4) is 6.07 Å². The Hall–Kier alpha value is -1.90. The molecule has 1 N–H and O–H groups in total. The molecular weight excluding hydrogens is 302 g/mol. The number of benzene rings is 1. The quantitative estimate of drug-likeness (QED) is 0.869. The Labute approximate surface area is 144 Å². The molecule has 1 aromatic rings. The summed E-state index contributed by atoms with van der Waals surface area (Å²) in [7, 11) is 0. The van der Waals surface area contributed by atoms with Crippen LogP contribution >= 0.6 is 0 Å². The van der Waals surface area contributed by atoms with Crippen LogP contribution in [-0.2, 0) is 4.79 Å². The van der Waals surface area contributed by atoms with E-state index in [2.05, 4.69) is 11.0 Å². The SMILES string of the molecule is Cc1ccc(N(CCC#N)C(=O)CN2CCCC(CO)C2)cc1C. The van der Waals surface area contributed by atoms with Crippen molar-refractivity contribution in [1.29, 1.82) is 5.26 Å². The third-order valence-corrected chi connectivity index (χ3v) is 4.77. The highest BCUT2D eigenvalue weighted by atomic mass is 16.3. The van der Waals surface area contributed by atoms with E-state index in [4.69, 9.17) is 5.26 Å². The number of aliphatic hydroxyl groups is 1. The second kappa shape index (κ2) is 8.81. The molecule has 1 atom stereocenters. The smallest absolute Gasteiger partial charge is 0.241 e. The zero-order valence-corrected chi connectivity index (χ0v) is 14.7. The van der Waals surface area contributed by atoms with E-state index in [0.717, 1.165) is 37.2 Å². The van der Waals surface area contributed by atoms with Crippen molar-refractivity contribution in [3.63, 3.8) is 0 Å². The average molecular weight is 329 g/mol. The summed E-state index contributed by atoms with van der Waals surface area (Å²) >= 11 is 0. The first-order valence-electron chi connectivity index (χ1n) is 8.63. The van der Waals surface area contributed by atoms with E-state index in [9.17, 15) is 9.90 Å². The predicted octanol–water partition coefficient (Wildman–Crippen LogP) is 2.25. The van der Waals surface area contributed by atoms with Crippen LogP contribution in [0.3, 0.4) is 0 Å². The lowest BCUT2D eigenvalue weighted by molar-refractivity contribution is -0.120. The van der Waals surface area contributed by atoms with E-state index >= 15 is 0 Å². The maximum absolute atomic E-state index is 12.8. The second-order valence-corrected chi connectivity index (χ2v) is 6.65. The molecule has 5 heteroatoms. The fourth-order valence-corrected chi connectivity index (χ4v) is 3.17. The van der Waals surface area contributed by atoms with Gasteiger partial charge in [-0.3, -0.25) is 9.69 Å². The average Bonchev–Trinajstić information content (AvgIpc) is 2.58. The predicted molar refractivity (Wildman–Crippen MR) is 94.7 cm³/mol. The van der Waals surface area contributed by atoms with E-state index < -0.39 is 0 Å². The highest BCUT2D eigenvalue weighted by Crippen LogP contribution is 2.21. The first-order valence-corrected chi connectivity index (χ1v) is 8.63. The van der Waals surface area contributed by atoms with Gasteiger partial charge in [-0.1, -0.05) is 6.07 Å². The number of nitrogens with zero attached hydrogens (tertiary/aromatic N) is 3. The van der Waals surface area contributed by atoms with E-state index in [-0.39, 0.29) is 18.4 Å². The molecule has 0 saturated carbocycles. The van der Waals surface area contributed by atoms with E-state index in [1.807, 2.05) is 32.0 Å². The van der Waals surface area contributed by atoms with Crippen LogP contribution in [0.1, 0.15) is 30.4 Å². The third kappa shape index (κ3) is 4.80. The molecule has 0 radical (unpaired) electrons. The van der Waals surface area contributed by atoms with Gasteiger partial charge in [-0.25, -0.2) is 0 Å². The van der Waals surface area contributed by atoms with Crippen molar-refractivity contribution in [1.82, 2.24) is 4.90 Å². The van der Waals surface area contributed by atoms with Crippen molar-refractivity contribution in [2.45, 2.75) is 33.1 Å². The van der Waals surface area contributed by atoms with Gasteiger partial charge in [0.25, 0.3) is 0 Å². The van der Waals surface area contributed by atoms with Gasteiger partial charge in [-0.2, -0.15) is 5.26 Å². The van der Waals surface area contributed by atoms with Crippen LogP contribution in [0.25, 0.3) is 0 Å². The van der Waals surface area contributed by atoms with Gasteiger partial charge in [0, 0.05) is 25.4 Å². The fraction of sp³-hybridized carbons (Fsp3) is 0.579. The summed E-state index contributed by atoms with van der Waals surface area (Å²) in [5, 5.41) is 18.2. The molecule has 1 saturated heterocycles. The van der Waals surface area contributed by atoms with Crippen LogP contribution < -0.4 is 4.90 Å².